The molecule has 23 heavy (non-hydrogen) atoms. The van der Waals surface area contributed by atoms with Crippen molar-refractivity contribution in [2.24, 2.45) is 0 Å². The summed E-state index contributed by atoms with van der Waals surface area (Å²) in [4.78, 5) is 12.0. The Morgan fingerprint density at radius 1 is 1.22 bits per heavy atom. The molecule has 0 N–H and O–H groups in total. The molecule has 4 heteroatoms. The standard InChI is InChI=1S/C16H26ClN.C3H6O2/c1-5-6-12-18(4)13-11-16(2,3)14-7-9-15(17)10-8-14;1-3(4)5-2/h7-10H,5-6,11-13H2,1-4H3;1-2H3. The first-order chi connectivity index (χ1) is 10.7. The van der Waals surface area contributed by atoms with Crippen LogP contribution in [0.4, 0.5) is 0 Å². The summed E-state index contributed by atoms with van der Waals surface area (Å²) in [7, 11) is 3.57. The maximum absolute atomic E-state index is 9.59. The van der Waals surface area contributed by atoms with Crippen LogP contribution in [0.1, 0.15) is 52.5 Å². The number of ether oxygens (including phenoxy) is 1. The van der Waals surface area contributed by atoms with Crippen LogP contribution in [0.15, 0.2) is 24.3 Å². The van der Waals surface area contributed by atoms with Gasteiger partial charge in [0.25, 0.3) is 0 Å². The van der Waals surface area contributed by atoms with E-state index >= 15 is 0 Å². The second-order valence-corrected chi connectivity index (χ2v) is 6.93. The molecule has 0 aromatic heterocycles. The Morgan fingerprint density at radius 3 is 2.17 bits per heavy atom. The third-order valence-corrected chi connectivity index (χ3v) is 4.18. The van der Waals surface area contributed by atoms with Gasteiger partial charge in [0, 0.05) is 11.9 Å². The second-order valence-electron chi connectivity index (χ2n) is 6.49. The Balaban J connectivity index is 0.000000841. The lowest BCUT2D eigenvalue weighted by molar-refractivity contribution is -0.137. The van der Waals surface area contributed by atoms with Gasteiger partial charge in [-0.3, -0.25) is 4.79 Å². The number of esters is 1. The van der Waals surface area contributed by atoms with E-state index in [0.717, 1.165) is 11.6 Å². The molecule has 1 aromatic rings. The molecule has 1 aromatic carbocycles. The number of hydrogen-bond donors (Lipinski definition) is 0. The molecule has 0 saturated heterocycles. The number of carbonyl (C=O) groups excluding carboxylic acids is 1. The fourth-order valence-electron chi connectivity index (χ4n) is 2.06. The molecule has 0 amide bonds. The molecule has 0 spiro atoms. The van der Waals surface area contributed by atoms with Gasteiger partial charge in [0.15, 0.2) is 0 Å². The molecule has 0 radical (unpaired) electrons. The van der Waals surface area contributed by atoms with E-state index in [1.165, 1.54) is 45.4 Å². The lowest BCUT2D eigenvalue weighted by Crippen LogP contribution is -2.28. The van der Waals surface area contributed by atoms with E-state index in [4.69, 9.17) is 11.6 Å². The van der Waals surface area contributed by atoms with Gasteiger partial charge in [0.1, 0.15) is 0 Å². The molecule has 0 bridgehead atoms. The Bertz CT molecular complexity index is 443. The highest BCUT2D eigenvalue weighted by Crippen LogP contribution is 2.28. The van der Waals surface area contributed by atoms with Gasteiger partial charge in [0.2, 0.25) is 0 Å². The smallest absolute Gasteiger partial charge is 0.302 e. The summed E-state index contributed by atoms with van der Waals surface area (Å²) in [5, 5.41) is 0.814. The number of nitrogens with zero attached hydrogens (tertiary/aromatic N) is 1. The van der Waals surface area contributed by atoms with E-state index in [0.29, 0.717) is 0 Å². The van der Waals surface area contributed by atoms with Crippen LogP contribution in [-0.4, -0.2) is 38.1 Å². The van der Waals surface area contributed by atoms with Crippen molar-refractivity contribution in [1.29, 1.82) is 0 Å². The number of carbonyl (C=O) groups is 1. The predicted molar refractivity (Wildman–Crippen MR) is 99.2 cm³/mol. The van der Waals surface area contributed by atoms with Gasteiger partial charge >= 0.3 is 5.97 Å². The minimum absolute atomic E-state index is 0.213. The molecule has 0 aliphatic rings. The highest BCUT2D eigenvalue weighted by molar-refractivity contribution is 6.30. The number of rotatable bonds is 7. The zero-order valence-electron chi connectivity index (χ0n) is 15.5. The van der Waals surface area contributed by atoms with Crippen LogP contribution in [-0.2, 0) is 14.9 Å². The monoisotopic (exact) mass is 341 g/mol. The number of hydrogen-bond acceptors (Lipinski definition) is 3. The number of halogens is 1. The van der Waals surface area contributed by atoms with Gasteiger partial charge in [-0.2, -0.15) is 0 Å². The van der Waals surface area contributed by atoms with Crippen molar-refractivity contribution in [1.82, 2.24) is 4.90 Å². The normalized spacial score (nSPS) is 11.0. The van der Waals surface area contributed by atoms with E-state index in [1.54, 1.807) is 0 Å². The van der Waals surface area contributed by atoms with Crippen LogP contribution in [0.2, 0.25) is 5.02 Å². The van der Waals surface area contributed by atoms with Crippen LogP contribution in [0.3, 0.4) is 0 Å². The van der Waals surface area contributed by atoms with Crippen LogP contribution in [0.25, 0.3) is 0 Å². The van der Waals surface area contributed by atoms with Gasteiger partial charge in [-0.15, -0.1) is 0 Å². The Morgan fingerprint density at radius 2 is 1.74 bits per heavy atom. The molecule has 1 rings (SSSR count). The molecular formula is C19H32ClNO2. The maximum Gasteiger partial charge on any atom is 0.302 e. The third-order valence-electron chi connectivity index (χ3n) is 3.93. The molecule has 0 saturated carbocycles. The maximum atomic E-state index is 9.59. The van der Waals surface area contributed by atoms with E-state index in [2.05, 4.69) is 49.6 Å². The number of methoxy groups -OCH3 is 1. The van der Waals surface area contributed by atoms with E-state index < -0.39 is 0 Å². The van der Waals surface area contributed by atoms with Crippen molar-refractivity contribution in [3.05, 3.63) is 34.9 Å². The zero-order valence-corrected chi connectivity index (χ0v) is 16.2. The molecule has 0 atom stereocenters. The van der Waals surface area contributed by atoms with E-state index in [-0.39, 0.29) is 11.4 Å². The minimum Gasteiger partial charge on any atom is -0.469 e. The molecule has 3 nitrogen and oxygen atoms in total. The summed E-state index contributed by atoms with van der Waals surface area (Å²) in [5.74, 6) is -0.245. The number of unbranched alkanes of at least 4 members (excludes halogenated alkanes) is 1. The summed E-state index contributed by atoms with van der Waals surface area (Å²) in [6.45, 7) is 10.6. The van der Waals surface area contributed by atoms with E-state index in [9.17, 15) is 4.79 Å². The summed E-state index contributed by atoms with van der Waals surface area (Å²) in [5.41, 5.74) is 1.58. The Hall–Kier alpha value is -1.06. The lowest BCUT2D eigenvalue weighted by Gasteiger charge is -2.28. The number of benzene rings is 1. The van der Waals surface area contributed by atoms with Crippen molar-refractivity contribution in [3.8, 4) is 0 Å². The van der Waals surface area contributed by atoms with Gasteiger partial charge in [-0.25, -0.2) is 0 Å². The minimum atomic E-state index is -0.245. The van der Waals surface area contributed by atoms with Gasteiger partial charge in [-0.1, -0.05) is 50.9 Å². The highest BCUT2D eigenvalue weighted by Gasteiger charge is 2.20. The van der Waals surface area contributed by atoms with Crippen LogP contribution in [0, 0.1) is 0 Å². The third kappa shape index (κ3) is 10.4. The molecule has 0 aliphatic heterocycles. The quantitative estimate of drug-likeness (QED) is 0.659. The summed E-state index contributed by atoms with van der Waals surface area (Å²) in [6.07, 6.45) is 3.73. The molecule has 0 fully saturated rings. The van der Waals surface area contributed by atoms with Crippen LogP contribution >= 0.6 is 11.6 Å². The predicted octanol–water partition coefficient (Wildman–Crippen LogP) is 4.92. The largest absolute Gasteiger partial charge is 0.469 e. The van der Waals surface area contributed by atoms with Crippen molar-refractivity contribution >= 4 is 17.6 Å². The van der Waals surface area contributed by atoms with E-state index in [1.807, 2.05) is 12.1 Å². The Kier molecular flexibility index (Phi) is 10.9. The van der Waals surface area contributed by atoms with Crippen LogP contribution < -0.4 is 0 Å². The zero-order chi connectivity index (χ0) is 17.9. The fraction of sp³-hybridized carbons (Fsp3) is 0.632. The van der Waals surface area contributed by atoms with Gasteiger partial charge in [-0.05, 0) is 56.1 Å². The first-order valence-corrected chi connectivity index (χ1v) is 8.60. The topological polar surface area (TPSA) is 29.5 Å². The summed E-state index contributed by atoms with van der Waals surface area (Å²) < 4.78 is 4.11. The second kappa shape index (κ2) is 11.5. The fourth-order valence-corrected chi connectivity index (χ4v) is 2.18. The lowest BCUT2D eigenvalue weighted by atomic mass is 9.81. The first kappa shape index (κ1) is 21.9. The molecule has 132 valence electrons. The summed E-state index contributed by atoms with van der Waals surface area (Å²) in [6, 6.07) is 8.27. The average Bonchev–Trinajstić information content (AvgIpc) is 2.52. The SMILES string of the molecule is CCCCN(C)CCC(C)(C)c1ccc(Cl)cc1.COC(C)=O. The molecular weight excluding hydrogens is 310 g/mol. The van der Waals surface area contributed by atoms with Crippen molar-refractivity contribution in [2.45, 2.75) is 52.4 Å². The average molecular weight is 342 g/mol. The van der Waals surface area contributed by atoms with Crippen molar-refractivity contribution in [3.63, 3.8) is 0 Å². The van der Waals surface area contributed by atoms with Crippen molar-refractivity contribution in [2.75, 3.05) is 27.2 Å². The molecule has 0 heterocycles. The van der Waals surface area contributed by atoms with Gasteiger partial charge < -0.3 is 9.64 Å². The highest BCUT2D eigenvalue weighted by atomic mass is 35.5. The summed E-state index contributed by atoms with van der Waals surface area (Å²) >= 11 is 5.94. The Labute approximate surface area is 147 Å². The van der Waals surface area contributed by atoms with Crippen LogP contribution in [0.5, 0.6) is 0 Å². The van der Waals surface area contributed by atoms with Gasteiger partial charge in [0.05, 0.1) is 7.11 Å². The molecule has 0 aliphatic carbocycles. The first-order valence-electron chi connectivity index (χ1n) is 8.22. The van der Waals surface area contributed by atoms with Crippen molar-refractivity contribution < 1.29 is 9.53 Å². The molecule has 0 unspecified atom stereocenters.